The molecule has 4 nitrogen and oxygen atoms in total. The highest BCUT2D eigenvalue weighted by atomic mass is 32.2. The predicted molar refractivity (Wildman–Crippen MR) is 69.2 cm³/mol. The number of methoxy groups -OCH3 is 1. The van der Waals surface area contributed by atoms with Crippen LogP contribution < -0.4 is 5.32 Å². The molecule has 0 amide bonds. The number of ether oxygens (including phenoxy) is 2. The molecule has 16 heavy (non-hydrogen) atoms. The van der Waals surface area contributed by atoms with E-state index in [0.717, 1.165) is 31.9 Å². The summed E-state index contributed by atoms with van der Waals surface area (Å²) in [6.07, 6.45) is 2.92. The van der Waals surface area contributed by atoms with Crippen molar-refractivity contribution in [1.82, 2.24) is 5.32 Å². The Bertz CT molecular complexity index is 156. The van der Waals surface area contributed by atoms with Gasteiger partial charge < -0.3 is 19.9 Å². The summed E-state index contributed by atoms with van der Waals surface area (Å²) in [4.78, 5) is 0. The summed E-state index contributed by atoms with van der Waals surface area (Å²) in [6.45, 7) is 5.38. The molecule has 0 bridgehead atoms. The van der Waals surface area contributed by atoms with E-state index in [1.54, 1.807) is 18.9 Å². The number of rotatable bonds is 11. The number of hydrogen-bond acceptors (Lipinski definition) is 5. The molecular formula is C11H25NO3S. The maximum Gasteiger partial charge on any atom is 0.0833 e. The van der Waals surface area contributed by atoms with Crippen LogP contribution in [0.3, 0.4) is 0 Å². The molecule has 0 aliphatic heterocycles. The summed E-state index contributed by atoms with van der Waals surface area (Å²) in [5.74, 6) is 0.745. The van der Waals surface area contributed by atoms with E-state index in [1.807, 2.05) is 13.2 Å². The average molecular weight is 251 g/mol. The normalized spacial score (nSPS) is 15.0. The third-order valence-electron chi connectivity index (χ3n) is 2.02. The lowest BCUT2D eigenvalue weighted by Gasteiger charge is -2.22. The molecule has 0 saturated heterocycles. The van der Waals surface area contributed by atoms with Gasteiger partial charge in [0.05, 0.1) is 12.2 Å². The van der Waals surface area contributed by atoms with Gasteiger partial charge in [0.2, 0.25) is 0 Å². The van der Waals surface area contributed by atoms with Crippen LogP contribution in [0.1, 0.15) is 13.3 Å². The van der Waals surface area contributed by atoms with Gasteiger partial charge in [-0.1, -0.05) is 0 Å². The Morgan fingerprint density at radius 2 is 2.06 bits per heavy atom. The third kappa shape index (κ3) is 10.7. The fourth-order valence-electron chi connectivity index (χ4n) is 1.27. The van der Waals surface area contributed by atoms with Crippen LogP contribution in [-0.2, 0) is 9.47 Å². The van der Waals surface area contributed by atoms with Gasteiger partial charge in [0.1, 0.15) is 0 Å². The van der Waals surface area contributed by atoms with Gasteiger partial charge in [-0.15, -0.1) is 0 Å². The lowest BCUT2D eigenvalue weighted by atomic mass is 10.1. The molecule has 0 rings (SSSR count). The zero-order chi connectivity index (χ0) is 12.3. The maximum absolute atomic E-state index is 9.85. The highest BCUT2D eigenvalue weighted by Crippen LogP contribution is 2.08. The van der Waals surface area contributed by atoms with Gasteiger partial charge in [0, 0.05) is 39.2 Å². The van der Waals surface area contributed by atoms with E-state index in [-0.39, 0.29) is 0 Å². The minimum Gasteiger partial charge on any atom is -0.388 e. The molecule has 0 saturated carbocycles. The molecule has 0 aromatic carbocycles. The van der Waals surface area contributed by atoms with Crippen molar-refractivity contribution in [2.75, 3.05) is 52.0 Å². The van der Waals surface area contributed by atoms with Crippen molar-refractivity contribution in [3.63, 3.8) is 0 Å². The average Bonchev–Trinajstić information content (AvgIpc) is 2.22. The van der Waals surface area contributed by atoms with Crippen LogP contribution >= 0.6 is 11.8 Å². The maximum atomic E-state index is 9.85. The minimum absolute atomic E-state index is 0.606. The Balaban J connectivity index is 3.20. The SMILES string of the molecule is COCCCOCCNCC(C)(O)CSC. The van der Waals surface area contributed by atoms with Gasteiger partial charge in [-0.2, -0.15) is 11.8 Å². The van der Waals surface area contributed by atoms with Crippen molar-refractivity contribution in [2.45, 2.75) is 18.9 Å². The summed E-state index contributed by atoms with van der Waals surface area (Å²) in [7, 11) is 1.69. The van der Waals surface area contributed by atoms with Crippen LogP contribution in [0.5, 0.6) is 0 Å². The second kappa shape index (κ2) is 10.4. The quantitative estimate of drug-likeness (QED) is 0.531. The molecule has 98 valence electrons. The number of thioether (sulfide) groups is 1. The second-order valence-electron chi connectivity index (χ2n) is 4.07. The fraction of sp³-hybridized carbons (Fsp3) is 1.00. The molecule has 0 aromatic heterocycles. The van der Waals surface area contributed by atoms with Crippen molar-refractivity contribution < 1.29 is 14.6 Å². The monoisotopic (exact) mass is 251 g/mol. The highest BCUT2D eigenvalue weighted by Gasteiger charge is 2.18. The third-order valence-corrected chi connectivity index (χ3v) is 2.93. The van der Waals surface area contributed by atoms with E-state index < -0.39 is 5.60 Å². The van der Waals surface area contributed by atoms with Gasteiger partial charge in [-0.3, -0.25) is 0 Å². The number of hydrogen-bond donors (Lipinski definition) is 2. The predicted octanol–water partition coefficient (Wildman–Crippen LogP) is 0.743. The Kier molecular flexibility index (Phi) is 10.5. The molecule has 0 heterocycles. The van der Waals surface area contributed by atoms with E-state index in [0.29, 0.717) is 13.2 Å². The molecule has 1 unspecified atom stereocenters. The number of aliphatic hydroxyl groups is 1. The summed E-state index contributed by atoms with van der Waals surface area (Å²) in [5.41, 5.74) is -0.629. The van der Waals surface area contributed by atoms with E-state index in [2.05, 4.69) is 5.32 Å². The second-order valence-corrected chi connectivity index (χ2v) is 4.93. The Labute approximate surface area is 103 Å². The van der Waals surface area contributed by atoms with E-state index in [9.17, 15) is 5.11 Å². The largest absolute Gasteiger partial charge is 0.388 e. The molecule has 0 radical (unpaired) electrons. The molecule has 0 spiro atoms. The molecule has 2 N–H and O–H groups in total. The Hall–Kier alpha value is 0.190. The van der Waals surface area contributed by atoms with Gasteiger partial charge in [0.15, 0.2) is 0 Å². The summed E-state index contributed by atoms with van der Waals surface area (Å²) in [6, 6.07) is 0. The van der Waals surface area contributed by atoms with Gasteiger partial charge in [0.25, 0.3) is 0 Å². The molecule has 1 atom stereocenters. The van der Waals surface area contributed by atoms with E-state index in [4.69, 9.17) is 9.47 Å². The molecule has 0 aromatic rings. The van der Waals surface area contributed by atoms with Crippen LogP contribution in [0.25, 0.3) is 0 Å². The lowest BCUT2D eigenvalue weighted by molar-refractivity contribution is 0.0758. The van der Waals surface area contributed by atoms with Crippen molar-refractivity contribution in [3.05, 3.63) is 0 Å². The van der Waals surface area contributed by atoms with E-state index in [1.165, 1.54) is 0 Å². The van der Waals surface area contributed by atoms with Crippen LogP contribution in [-0.4, -0.2) is 62.7 Å². The molecule has 0 aliphatic rings. The first kappa shape index (κ1) is 16.2. The zero-order valence-electron chi connectivity index (χ0n) is 10.6. The summed E-state index contributed by atoms with van der Waals surface area (Å²) in [5, 5.41) is 13.0. The van der Waals surface area contributed by atoms with Crippen LogP contribution in [0, 0.1) is 0 Å². The smallest absolute Gasteiger partial charge is 0.0833 e. The topological polar surface area (TPSA) is 50.7 Å². The van der Waals surface area contributed by atoms with Crippen LogP contribution in [0.2, 0.25) is 0 Å². The first-order chi connectivity index (χ1) is 7.62. The molecule has 0 aliphatic carbocycles. The summed E-state index contributed by atoms with van der Waals surface area (Å²) < 4.78 is 10.3. The van der Waals surface area contributed by atoms with Crippen molar-refractivity contribution >= 4 is 11.8 Å². The van der Waals surface area contributed by atoms with Crippen LogP contribution in [0.15, 0.2) is 0 Å². The fourth-order valence-corrected chi connectivity index (χ4v) is 2.00. The van der Waals surface area contributed by atoms with Crippen LogP contribution in [0.4, 0.5) is 0 Å². The molecule has 5 heteroatoms. The Morgan fingerprint density at radius 3 is 2.69 bits per heavy atom. The summed E-state index contributed by atoms with van der Waals surface area (Å²) >= 11 is 1.65. The molecular weight excluding hydrogens is 226 g/mol. The lowest BCUT2D eigenvalue weighted by Crippen LogP contribution is -2.41. The van der Waals surface area contributed by atoms with E-state index >= 15 is 0 Å². The van der Waals surface area contributed by atoms with Crippen molar-refractivity contribution in [1.29, 1.82) is 0 Å². The highest BCUT2D eigenvalue weighted by molar-refractivity contribution is 7.98. The number of nitrogens with one attached hydrogen (secondary N) is 1. The van der Waals surface area contributed by atoms with Gasteiger partial charge in [-0.25, -0.2) is 0 Å². The van der Waals surface area contributed by atoms with Crippen molar-refractivity contribution in [2.24, 2.45) is 0 Å². The van der Waals surface area contributed by atoms with Gasteiger partial charge in [-0.05, 0) is 19.6 Å². The van der Waals surface area contributed by atoms with Crippen molar-refractivity contribution in [3.8, 4) is 0 Å². The first-order valence-corrected chi connectivity index (χ1v) is 7.00. The van der Waals surface area contributed by atoms with Gasteiger partial charge >= 0.3 is 0 Å². The minimum atomic E-state index is -0.629. The Morgan fingerprint density at radius 1 is 1.31 bits per heavy atom. The zero-order valence-corrected chi connectivity index (χ0v) is 11.4. The standard InChI is InChI=1S/C11H25NO3S/c1-11(13,10-16-3)9-12-5-8-15-7-4-6-14-2/h12-13H,4-10H2,1-3H3. The molecule has 0 fully saturated rings. The first-order valence-electron chi connectivity index (χ1n) is 5.61.